The summed E-state index contributed by atoms with van der Waals surface area (Å²) in [5.74, 6) is 1.82. The van der Waals surface area contributed by atoms with Crippen LogP contribution >= 0.6 is 0 Å². The van der Waals surface area contributed by atoms with Crippen LogP contribution in [0.5, 0.6) is 5.88 Å². The van der Waals surface area contributed by atoms with Crippen LogP contribution in [0.2, 0.25) is 0 Å². The fraction of sp³-hybridized carbons (Fsp3) is 0.714. The maximum atomic E-state index is 5.68. The smallest absolute Gasteiger partial charge is 0.228 e. The predicted octanol–water partition coefficient (Wildman–Crippen LogP) is 0.890. The highest BCUT2D eigenvalue weighted by Crippen LogP contribution is 2.16. The van der Waals surface area contributed by atoms with Crippen LogP contribution in [0.15, 0.2) is 12.3 Å². The third kappa shape index (κ3) is 4.31. The molecule has 0 unspecified atom stereocenters. The number of nitrogens with zero attached hydrogens (tertiary/aromatic N) is 4. The molecule has 1 saturated heterocycles. The molecule has 2 heterocycles. The zero-order valence-electron chi connectivity index (χ0n) is 12.6. The van der Waals surface area contributed by atoms with Crippen molar-refractivity contribution in [1.82, 2.24) is 14.9 Å². The standard InChI is InChI=1S/C14H24N4O2/c1-4-20-13-5-6-15-14(16-13)18-7-8-19-11-12(10-18)9-17(2)3/h5-6,12H,4,7-11H2,1-3H3/t12-/m0/s1. The van der Waals surface area contributed by atoms with Gasteiger partial charge in [-0.25, -0.2) is 4.98 Å². The van der Waals surface area contributed by atoms with Crippen LogP contribution in [0.3, 0.4) is 0 Å². The summed E-state index contributed by atoms with van der Waals surface area (Å²) in [5.41, 5.74) is 0. The lowest BCUT2D eigenvalue weighted by Crippen LogP contribution is -2.35. The van der Waals surface area contributed by atoms with Crippen molar-refractivity contribution in [3.63, 3.8) is 0 Å². The van der Waals surface area contributed by atoms with Crippen molar-refractivity contribution in [2.45, 2.75) is 6.92 Å². The van der Waals surface area contributed by atoms with Gasteiger partial charge in [0.25, 0.3) is 0 Å². The van der Waals surface area contributed by atoms with Crippen LogP contribution in [0.25, 0.3) is 0 Å². The largest absolute Gasteiger partial charge is 0.478 e. The molecule has 20 heavy (non-hydrogen) atoms. The Hall–Kier alpha value is -1.40. The molecule has 1 aromatic rings. The van der Waals surface area contributed by atoms with E-state index in [1.54, 1.807) is 12.3 Å². The highest BCUT2D eigenvalue weighted by molar-refractivity contribution is 5.32. The van der Waals surface area contributed by atoms with E-state index in [0.717, 1.165) is 32.2 Å². The molecule has 1 aromatic heterocycles. The number of hydrogen-bond acceptors (Lipinski definition) is 6. The van der Waals surface area contributed by atoms with Gasteiger partial charge < -0.3 is 19.3 Å². The number of aromatic nitrogens is 2. The molecule has 0 aromatic carbocycles. The quantitative estimate of drug-likeness (QED) is 0.798. The first-order valence-electron chi connectivity index (χ1n) is 7.12. The Morgan fingerprint density at radius 2 is 2.35 bits per heavy atom. The van der Waals surface area contributed by atoms with Crippen molar-refractivity contribution < 1.29 is 9.47 Å². The summed E-state index contributed by atoms with van der Waals surface area (Å²) in [6.45, 7) is 6.80. The molecule has 1 aliphatic heterocycles. The van der Waals surface area contributed by atoms with Gasteiger partial charge in [-0.15, -0.1) is 0 Å². The molecule has 6 heteroatoms. The minimum Gasteiger partial charge on any atom is -0.478 e. The SMILES string of the molecule is CCOc1ccnc(N2CCOC[C@@H](CN(C)C)C2)n1. The van der Waals surface area contributed by atoms with E-state index in [2.05, 4.69) is 33.9 Å². The molecule has 0 aliphatic carbocycles. The Balaban J connectivity index is 2.07. The molecule has 0 radical (unpaired) electrons. The number of ether oxygens (including phenoxy) is 2. The van der Waals surface area contributed by atoms with Crippen LogP contribution in [0.4, 0.5) is 5.95 Å². The van der Waals surface area contributed by atoms with Gasteiger partial charge in [0.1, 0.15) is 0 Å². The summed E-state index contributed by atoms with van der Waals surface area (Å²) >= 11 is 0. The zero-order valence-corrected chi connectivity index (χ0v) is 12.6. The van der Waals surface area contributed by atoms with Crippen molar-refractivity contribution in [3.8, 4) is 5.88 Å². The second-order valence-corrected chi connectivity index (χ2v) is 5.28. The van der Waals surface area contributed by atoms with E-state index in [-0.39, 0.29) is 0 Å². The van der Waals surface area contributed by atoms with Crippen molar-refractivity contribution in [2.24, 2.45) is 5.92 Å². The topological polar surface area (TPSA) is 50.7 Å². The van der Waals surface area contributed by atoms with Crippen molar-refractivity contribution in [2.75, 3.05) is 58.5 Å². The molecule has 0 N–H and O–H groups in total. The lowest BCUT2D eigenvalue weighted by atomic mass is 10.1. The highest BCUT2D eigenvalue weighted by Gasteiger charge is 2.21. The second-order valence-electron chi connectivity index (χ2n) is 5.28. The van der Waals surface area contributed by atoms with Gasteiger partial charge in [-0.05, 0) is 21.0 Å². The molecule has 0 saturated carbocycles. The molecular weight excluding hydrogens is 256 g/mol. The Labute approximate surface area is 120 Å². The molecule has 2 rings (SSSR count). The predicted molar refractivity (Wildman–Crippen MR) is 78.3 cm³/mol. The fourth-order valence-electron chi connectivity index (χ4n) is 2.40. The van der Waals surface area contributed by atoms with Crippen molar-refractivity contribution in [1.29, 1.82) is 0 Å². The van der Waals surface area contributed by atoms with E-state index in [4.69, 9.17) is 9.47 Å². The van der Waals surface area contributed by atoms with Gasteiger partial charge in [0.05, 0.1) is 19.8 Å². The Morgan fingerprint density at radius 1 is 1.50 bits per heavy atom. The highest BCUT2D eigenvalue weighted by atomic mass is 16.5. The Morgan fingerprint density at radius 3 is 3.10 bits per heavy atom. The molecule has 0 amide bonds. The van der Waals surface area contributed by atoms with Crippen LogP contribution in [0, 0.1) is 5.92 Å². The minimum atomic E-state index is 0.465. The minimum absolute atomic E-state index is 0.465. The van der Waals surface area contributed by atoms with Crippen LogP contribution in [-0.4, -0.2) is 68.4 Å². The average Bonchev–Trinajstić information content (AvgIpc) is 2.64. The summed E-state index contributed by atoms with van der Waals surface area (Å²) in [5, 5.41) is 0. The monoisotopic (exact) mass is 280 g/mol. The van der Waals surface area contributed by atoms with Gasteiger partial charge in [0.15, 0.2) is 0 Å². The molecule has 6 nitrogen and oxygen atoms in total. The van der Waals surface area contributed by atoms with E-state index in [9.17, 15) is 0 Å². The average molecular weight is 280 g/mol. The van der Waals surface area contributed by atoms with Gasteiger partial charge in [0, 0.05) is 37.8 Å². The van der Waals surface area contributed by atoms with E-state index in [0.29, 0.717) is 25.0 Å². The van der Waals surface area contributed by atoms with Crippen LogP contribution in [0.1, 0.15) is 6.92 Å². The molecular formula is C14H24N4O2. The zero-order chi connectivity index (χ0) is 14.4. The summed E-state index contributed by atoms with van der Waals surface area (Å²) in [7, 11) is 4.17. The summed E-state index contributed by atoms with van der Waals surface area (Å²) in [6.07, 6.45) is 1.75. The summed E-state index contributed by atoms with van der Waals surface area (Å²) < 4.78 is 11.1. The third-order valence-corrected chi connectivity index (χ3v) is 3.15. The Bertz CT molecular complexity index is 414. The molecule has 0 spiro atoms. The van der Waals surface area contributed by atoms with E-state index in [1.165, 1.54) is 0 Å². The van der Waals surface area contributed by atoms with Gasteiger partial charge in [-0.2, -0.15) is 4.98 Å². The van der Waals surface area contributed by atoms with Gasteiger partial charge in [-0.3, -0.25) is 0 Å². The first-order valence-corrected chi connectivity index (χ1v) is 7.12. The maximum Gasteiger partial charge on any atom is 0.228 e. The number of hydrogen-bond donors (Lipinski definition) is 0. The fourth-order valence-corrected chi connectivity index (χ4v) is 2.40. The Kier molecular flexibility index (Phi) is 5.55. The second kappa shape index (κ2) is 7.40. The summed E-state index contributed by atoms with van der Waals surface area (Å²) in [6, 6.07) is 1.79. The van der Waals surface area contributed by atoms with E-state index >= 15 is 0 Å². The van der Waals surface area contributed by atoms with Crippen molar-refractivity contribution in [3.05, 3.63) is 12.3 Å². The third-order valence-electron chi connectivity index (χ3n) is 3.15. The maximum absolute atomic E-state index is 5.68. The van der Waals surface area contributed by atoms with E-state index in [1.807, 2.05) is 6.92 Å². The molecule has 1 fully saturated rings. The van der Waals surface area contributed by atoms with Gasteiger partial charge >= 0.3 is 0 Å². The lowest BCUT2D eigenvalue weighted by Gasteiger charge is -2.25. The molecule has 1 atom stereocenters. The first-order chi connectivity index (χ1) is 9.69. The van der Waals surface area contributed by atoms with Crippen molar-refractivity contribution >= 4 is 5.95 Å². The van der Waals surface area contributed by atoms with E-state index < -0.39 is 0 Å². The molecule has 1 aliphatic rings. The normalized spacial score (nSPS) is 20.0. The molecule has 112 valence electrons. The number of anilines is 1. The lowest BCUT2D eigenvalue weighted by molar-refractivity contribution is 0.113. The van der Waals surface area contributed by atoms with Crippen LogP contribution in [-0.2, 0) is 4.74 Å². The molecule has 0 bridgehead atoms. The van der Waals surface area contributed by atoms with Gasteiger partial charge in [0.2, 0.25) is 11.8 Å². The first kappa shape index (κ1) is 15.0. The van der Waals surface area contributed by atoms with Crippen LogP contribution < -0.4 is 9.64 Å². The van der Waals surface area contributed by atoms with Gasteiger partial charge in [-0.1, -0.05) is 0 Å². The number of rotatable bonds is 5. The summed E-state index contributed by atoms with van der Waals surface area (Å²) in [4.78, 5) is 13.2.